The Morgan fingerprint density at radius 3 is 2.40 bits per heavy atom. The third-order valence-electron chi connectivity index (χ3n) is 4.89. The lowest BCUT2D eigenvalue weighted by Gasteiger charge is -2.20. The molecule has 3 aliphatic rings. The number of benzene rings is 1. The molecule has 0 radical (unpaired) electrons. The van der Waals surface area contributed by atoms with Crippen molar-refractivity contribution in [3.63, 3.8) is 0 Å². The van der Waals surface area contributed by atoms with Crippen molar-refractivity contribution < 1.29 is 9.59 Å². The molecule has 0 N–H and O–H groups in total. The van der Waals surface area contributed by atoms with Gasteiger partial charge in [0.25, 0.3) is 0 Å². The number of rotatable bonds is 1. The summed E-state index contributed by atoms with van der Waals surface area (Å²) in [5.41, 5.74) is 4.58. The predicted octanol–water partition coefficient (Wildman–Crippen LogP) is 4.37. The van der Waals surface area contributed by atoms with Crippen LogP contribution in [0.2, 0.25) is 0 Å². The summed E-state index contributed by atoms with van der Waals surface area (Å²) < 4.78 is 0. The van der Waals surface area contributed by atoms with E-state index in [2.05, 4.69) is 17.1 Å². The maximum absolute atomic E-state index is 12.7. The number of Topliss-reactive ketones (excluding diaryl/α,β-unsaturated/α-hetero) is 2. The molecule has 4 rings (SSSR count). The number of hydrogen-bond donors (Lipinski definition) is 0. The first-order valence-corrected chi connectivity index (χ1v) is 8.57. The smallest absolute Gasteiger partial charge is 0.197 e. The number of likely N-dealkylation sites (N-methyl/N-ethyl adjacent to an activating group) is 1. The van der Waals surface area contributed by atoms with E-state index in [-0.39, 0.29) is 11.6 Å². The van der Waals surface area contributed by atoms with E-state index in [1.807, 2.05) is 43.6 Å². The summed E-state index contributed by atoms with van der Waals surface area (Å²) in [6.07, 6.45) is 14.9. The molecule has 1 aliphatic heterocycles. The van der Waals surface area contributed by atoms with Gasteiger partial charge in [0.1, 0.15) is 0 Å². The van der Waals surface area contributed by atoms with E-state index >= 15 is 0 Å². The van der Waals surface area contributed by atoms with Gasteiger partial charge in [0.2, 0.25) is 0 Å². The fourth-order valence-corrected chi connectivity index (χ4v) is 3.58. The Balaban J connectivity index is 1.74. The van der Waals surface area contributed by atoms with Gasteiger partial charge in [-0.05, 0) is 48.6 Å². The van der Waals surface area contributed by atoms with Crippen LogP contribution in [0.5, 0.6) is 0 Å². The minimum atomic E-state index is -0.127. The summed E-state index contributed by atoms with van der Waals surface area (Å²) in [5.74, 6) is -0.253. The topological polar surface area (TPSA) is 37.4 Å². The largest absolute Gasteiger partial charge is 0.351 e. The van der Waals surface area contributed by atoms with E-state index in [9.17, 15) is 9.59 Å². The maximum atomic E-state index is 12.7. The lowest BCUT2D eigenvalue weighted by atomic mass is 9.89. The zero-order chi connectivity index (χ0) is 17.4. The summed E-state index contributed by atoms with van der Waals surface area (Å²) in [6, 6.07) is 7.10. The molecule has 0 unspecified atom stereocenters. The SMILES string of the molecule is CN1C=CC=C/C1=C/C1=CC(=C2C(=O)c3ccccc3C2=O)CCC1. The molecular formula is C22H19NO2. The van der Waals surface area contributed by atoms with Crippen LogP contribution in [0.15, 0.2) is 83.3 Å². The fraction of sp³-hybridized carbons (Fsp3) is 0.182. The molecule has 0 fully saturated rings. The summed E-state index contributed by atoms with van der Waals surface area (Å²) >= 11 is 0. The van der Waals surface area contributed by atoms with Crippen LogP contribution in [-0.4, -0.2) is 23.5 Å². The highest BCUT2D eigenvalue weighted by atomic mass is 16.2. The summed E-state index contributed by atoms with van der Waals surface area (Å²) in [5, 5.41) is 0. The molecule has 3 nitrogen and oxygen atoms in total. The van der Waals surface area contributed by atoms with Crippen molar-refractivity contribution in [1.29, 1.82) is 0 Å². The lowest BCUT2D eigenvalue weighted by Crippen LogP contribution is -2.11. The highest BCUT2D eigenvalue weighted by molar-refractivity contribution is 6.40. The van der Waals surface area contributed by atoms with Gasteiger partial charge in [-0.25, -0.2) is 0 Å². The molecule has 0 saturated carbocycles. The van der Waals surface area contributed by atoms with Crippen molar-refractivity contribution in [2.75, 3.05) is 7.05 Å². The number of fused-ring (bicyclic) bond motifs is 1. The van der Waals surface area contributed by atoms with Crippen LogP contribution < -0.4 is 0 Å². The number of ketones is 2. The average molecular weight is 329 g/mol. The van der Waals surface area contributed by atoms with Crippen LogP contribution in [0, 0.1) is 0 Å². The standard InChI is InChI=1S/C22H19NO2/c1-23-12-5-4-9-17(23)14-15-7-6-8-16(13-15)20-21(24)18-10-2-3-11-19(18)22(20)25/h2-5,9-14H,6-8H2,1H3/b17-14-. The third kappa shape index (κ3) is 2.72. The number of allylic oxidation sites excluding steroid dienone is 8. The second kappa shape index (κ2) is 6.17. The van der Waals surface area contributed by atoms with E-state index in [0.29, 0.717) is 16.7 Å². The normalized spacial score (nSPS) is 21.2. The molecule has 0 amide bonds. The van der Waals surface area contributed by atoms with E-state index in [4.69, 9.17) is 0 Å². The minimum Gasteiger partial charge on any atom is -0.351 e. The molecule has 1 heterocycles. The maximum Gasteiger partial charge on any atom is 0.197 e. The number of carbonyl (C=O) groups excluding carboxylic acids is 2. The van der Waals surface area contributed by atoms with E-state index in [0.717, 1.165) is 36.1 Å². The van der Waals surface area contributed by atoms with Crippen LogP contribution in [0.1, 0.15) is 40.0 Å². The number of hydrogen-bond acceptors (Lipinski definition) is 3. The third-order valence-corrected chi connectivity index (χ3v) is 4.89. The Morgan fingerprint density at radius 1 is 1.00 bits per heavy atom. The van der Waals surface area contributed by atoms with Crippen LogP contribution in [0.4, 0.5) is 0 Å². The lowest BCUT2D eigenvalue weighted by molar-refractivity contribution is 0.0987. The zero-order valence-electron chi connectivity index (χ0n) is 14.2. The highest BCUT2D eigenvalue weighted by Gasteiger charge is 2.34. The van der Waals surface area contributed by atoms with Gasteiger partial charge in [0.15, 0.2) is 11.6 Å². The molecule has 2 aliphatic carbocycles. The van der Waals surface area contributed by atoms with Crippen molar-refractivity contribution in [1.82, 2.24) is 4.90 Å². The Kier molecular flexibility index (Phi) is 3.85. The van der Waals surface area contributed by atoms with Gasteiger partial charge in [-0.15, -0.1) is 0 Å². The molecule has 3 heteroatoms. The van der Waals surface area contributed by atoms with Crippen LogP contribution >= 0.6 is 0 Å². The monoisotopic (exact) mass is 329 g/mol. The van der Waals surface area contributed by atoms with Gasteiger partial charge in [0.05, 0.1) is 5.57 Å². The molecule has 0 bridgehead atoms. The second-order valence-electron chi connectivity index (χ2n) is 6.56. The van der Waals surface area contributed by atoms with Gasteiger partial charge in [0, 0.05) is 30.1 Å². The Labute approximate surface area is 147 Å². The van der Waals surface area contributed by atoms with Gasteiger partial charge in [-0.3, -0.25) is 9.59 Å². The van der Waals surface area contributed by atoms with Crippen molar-refractivity contribution in [2.45, 2.75) is 19.3 Å². The highest BCUT2D eigenvalue weighted by Crippen LogP contribution is 2.34. The molecule has 1 aromatic rings. The molecule has 0 aromatic heterocycles. The van der Waals surface area contributed by atoms with E-state index in [1.54, 1.807) is 12.1 Å². The Hall–Kier alpha value is -2.94. The van der Waals surface area contributed by atoms with E-state index in [1.165, 1.54) is 0 Å². The van der Waals surface area contributed by atoms with E-state index < -0.39 is 0 Å². The molecule has 0 spiro atoms. The van der Waals surface area contributed by atoms with Crippen LogP contribution in [-0.2, 0) is 0 Å². The second-order valence-corrected chi connectivity index (χ2v) is 6.56. The molecular weight excluding hydrogens is 310 g/mol. The average Bonchev–Trinajstić information content (AvgIpc) is 2.89. The summed E-state index contributed by atoms with van der Waals surface area (Å²) in [6.45, 7) is 0. The summed E-state index contributed by atoms with van der Waals surface area (Å²) in [4.78, 5) is 27.5. The van der Waals surface area contributed by atoms with Gasteiger partial charge in [-0.1, -0.05) is 36.4 Å². The first-order chi connectivity index (χ1) is 12.1. The Morgan fingerprint density at radius 2 is 1.72 bits per heavy atom. The zero-order valence-corrected chi connectivity index (χ0v) is 14.2. The predicted molar refractivity (Wildman–Crippen MR) is 98.2 cm³/mol. The molecule has 0 saturated heterocycles. The van der Waals surface area contributed by atoms with Crippen molar-refractivity contribution >= 4 is 11.6 Å². The molecule has 0 atom stereocenters. The van der Waals surface area contributed by atoms with Gasteiger partial charge >= 0.3 is 0 Å². The van der Waals surface area contributed by atoms with Crippen molar-refractivity contribution in [3.8, 4) is 0 Å². The van der Waals surface area contributed by atoms with Crippen LogP contribution in [0.3, 0.4) is 0 Å². The van der Waals surface area contributed by atoms with Crippen molar-refractivity contribution in [2.24, 2.45) is 0 Å². The number of carbonyl (C=O) groups is 2. The number of nitrogens with zero attached hydrogens (tertiary/aromatic N) is 1. The van der Waals surface area contributed by atoms with Crippen molar-refractivity contribution in [3.05, 3.63) is 94.4 Å². The summed E-state index contributed by atoms with van der Waals surface area (Å²) in [7, 11) is 2.01. The molecule has 1 aromatic carbocycles. The first kappa shape index (κ1) is 15.6. The Bertz CT molecular complexity index is 888. The molecule has 124 valence electrons. The minimum absolute atomic E-state index is 0.127. The fourth-order valence-electron chi connectivity index (χ4n) is 3.58. The van der Waals surface area contributed by atoms with Crippen LogP contribution in [0.25, 0.3) is 0 Å². The quantitative estimate of drug-likeness (QED) is 0.567. The van der Waals surface area contributed by atoms with Gasteiger partial charge < -0.3 is 4.90 Å². The van der Waals surface area contributed by atoms with Gasteiger partial charge in [-0.2, -0.15) is 0 Å². The first-order valence-electron chi connectivity index (χ1n) is 8.57. The molecule has 25 heavy (non-hydrogen) atoms.